The van der Waals surface area contributed by atoms with E-state index < -0.39 is 35.7 Å². The van der Waals surface area contributed by atoms with Crippen LogP contribution in [-0.4, -0.2) is 42.1 Å². The first-order valence-corrected chi connectivity index (χ1v) is 8.35. The molecular formula is C19H22O6. The van der Waals surface area contributed by atoms with E-state index in [1.807, 2.05) is 13.0 Å². The van der Waals surface area contributed by atoms with E-state index in [1.165, 1.54) is 0 Å². The number of aldehydes is 1. The van der Waals surface area contributed by atoms with Gasteiger partial charge in [0.25, 0.3) is 0 Å². The molecule has 3 aliphatic rings. The monoisotopic (exact) mass is 346 g/mol. The van der Waals surface area contributed by atoms with E-state index in [9.17, 15) is 14.4 Å². The third-order valence-electron chi connectivity index (χ3n) is 5.14. The van der Waals surface area contributed by atoms with Gasteiger partial charge in [0.1, 0.15) is 24.6 Å². The molecule has 0 saturated carbocycles. The molecule has 25 heavy (non-hydrogen) atoms. The van der Waals surface area contributed by atoms with Gasteiger partial charge in [-0.1, -0.05) is 19.2 Å². The molecule has 0 aromatic heterocycles. The number of carbonyl (C=O) groups excluding carboxylic acids is 3. The molecule has 0 spiro atoms. The lowest BCUT2D eigenvalue weighted by Crippen LogP contribution is -2.38. The topological polar surface area (TPSA) is 82.2 Å². The van der Waals surface area contributed by atoms with Crippen LogP contribution in [0.2, 0.25) is 0 Å². The zero-order valence-electron chi connectivity index (χ0n) is 14.4. The van der Waals surface area contributed by atoms with Gasteiger partial charge < -0.3 is 14.2 Å². The smallest absolute Gasteiger partial charge is 0.334 e. The number of fused-ring (bicyclic) bond motifs is 3. The normalized spacial score (nSPS) is 37.1. The Morgan fingerprint density at radius 1 is 1.48 bits per heavy atom. The molecule has 0 bridgehead atoms. The Hall–Kier alpha value is -2.21. The summed E-state index contributed by atoms with van der Waals surface area (Å²) in [4.78, 5) is 35.6. The maximum absolute atomic E-state index is 12.1. The third kappa shape index (κ3) is 3.18. The maximum Gasteiger partial charge on any atom is 0.334 e. The van der Waals surface area contributed by atoms with Crippen molar-refractivity contribution < 1.29 is 28.6 Å². The molecule has 6 nitrogen and oxygen atoms in total. The molecule has 1 aliphatic carbocycles. The van der Waals surface area contributed by atoms with Crippen LogP contribution in [0, 0.1) is 5.92 Å². The third-order valence-corrected chi connectivity index (χ3v) is 5.14. The second kappa shape index (κ2) is 6.26. The summed E-state index contributed by atoms with van der Waals surface area (Å²) in [6.45, 7) is 10.9. The molecule has 0 aromatic rings. The van der Waals surface area contributed by atoms with E-state index in [0.29, 0.717) is 12.0 Å². The minimum absolute atomic E-state index is 0.197. The molecular weight excluding hydrogens is 324 g/mol. The predicted octanol–water partition coefficient (Wildman–Crippen LogP) is 2.04. The number of ether oxygens (including phenoxy) is 3. The molecule has 3 rings (SSSR count). The molecule has 2 heterocycles. The summed E-state index contributed by atoms with van der Waals surface area (Å²) in [6, 6.07) is 0. The molecule has 5 unspecified atom stereocenters. The van der Waals surface area contributed by atoms with Crippen LogP contribution < -0.4 is 0 Å². The van der Waals surface area contributed by atoms with E-state index >= 15 is 0 Å². The van der Waals surface area contributed by atoms with Gasteiger partial charge in [-0.15, -0.1) is 0 Å². The number of carbonyl (C=O) groups is 3. The van der Waals surface area contributed by atoms with Crippen molar-refractivity contribution in [2.45, 2.75) is 57.0 Å². The van der Waals surface area contributed by atoms with E-state index in [2.05, 4.69) is 13.2 Å². The molecule has 2 saturated heterocycles. The Labute approximate surface area is 146 Å². The summed E-state index contributed by atoms with van der Waals surface area (Å²) in [6.07, 6.45) is 2.59. The van der Waals surface area contributed by atoms with Gasteiger partial charge in [0.15, 0.2) is 0 Å². The SMILES string of the molecule is C=C(C)C(=O)OC1CC(C=O)=CCCC2(C)OC2C2OC(=O)C(=C)C12. The summed E-state index contributed by atoms with van der Waals surface area (Å²) in [7, 11) is 0. The van der Waals surface area contributed by atoms with Gasteiger partial charge in [-0.2, -0.15) is 0 Å². The van der Waals surface area contributed by atoms with E-state index in [1.54, 1.807) is 6.92 Å². The zero-order chi connectivity index (χ0) is 18.4. The molecule has 0 radical (unpaired) electrons. The number of esters is 2. The first kappa shape index (κ1) is 17.6. The van der Waals surface area contributed by atoms with Gasteiger partial charge in [0.2, 0.25) is 0 Å². The van der Waals surface area contributed by atoms with E-state index in [4.69, 9.17) is 14.2 Å². The highest BCUT2D eigenvalue weighted by molar-refractivity contribution is 5.92. The number of epoxide rings is 1. The number of hydrogen-bond acceptors (Lipinski definition) is 6. The maximum atomic E-state index is 12.1. The predicted molar refractivity (Wildman–Crippen MR) is 88.5 cm³/mol. The van der Waals surface area contributed by atoms with Gasteiger partial charge in [-0.3, -0.25) is 4.79 Å². The molecule has 6 heteroatoms. The van der Waals surface area contributed by atoms with Crippen LogP contribution in [-0.2, 0) is 28.6 Å². The zero-order valence-corrected chi connectivity index (χ0v) is 14.4. The average molecular weight is 346 g/mol. The fraction of sp³-hybridized carbons (Fsp3) is 0.526. The Morgan fingerprint density at radius 2 is 2.20 bits per heavy atom. The Balaban J connectivity index is 1.98. The van der Waals surface area contributed by atoms with Gasteiger partial charge in [0.05, 0.1) is 11.5 Å². The minimum atomic E-state index is -0.740. The second-order valence-electron chi connectivity index (χ2n) is 7.14. The van der Waals surface area contributed by atoms with Crippen molar-refractivity contribution in [1.29, 1.82) is 0 Å². The highest BCUT2D eigenvalue weighted by Gasteiger charge is 2.63. The molecule has 0 aromatic carbocycles. The lowest BCUT2D eigenvalue weighted by molar-refractivity contribution is -0.148. The van der Waals surface area contributed by atoms with Crippen molar-refractivity contribution >= 4 is 18.2 Å². The van der Waals surface area contributed by atoms with Crippen LogP contribution in [0.25, 0.3) is 0 Å². The fourth-order valence-corrected chi connectivity index (χ4v) is 3.60. The minimum Gasteiger partial charge on any atom is -0.458 e. The largest absolute Gasteiger partial charge is 0.458 e. The molecule has 134 valence electrons. The first-order valence-electron chi connectivity index (χ1n) is 8.35. The van der Waals surface area contributed by atoms with Gasteiger partial charge in [0, 0.05) is 17.6 Å². The lowest BCUT2D eigenvalue weighted by Gasteiger charge is -2.27. The van der Waals surface area contributed by atoms with Crippen LogP contribution in [0.1, 0.15) is 33.1 Å². The van der Waals surface area contributed by atoms with Gasteiger partial charge >= 0.3 is 11.9 Å². The summed E-state index contributed by atoms with van der Waals surface area (Å²) in [5.74, 6) is -1.64. The van der Waals surface area contributed by atoms with Crippen molar-refractivity contribution in [3.63, 3.8) is 0 Å². The Morgan fingerprint density at radius 3 is 2.84 bits per heavy atom. The summed E-state index contributed by atoms with van der Waals surface area (Å²) < 4.78 is 16.9. The van der Waals surface area contributed by atoms with Gasteiger partial charge in [-0.25, -0.2) is 9.59 Å². The highest BCUT2D eigenvalue weighted by Crippen LogP contribution is 2.50. The average Bonchev–Trinajstić information content (AvgIpc) is 3.13. The van der Waals surface area contributed by atoms with Crippen LogP contribution in [0.15, 0.2) is 36.0 Å². The summed E-state index contributed by atoms with van der Waals surface area (Å²) >= 11 is 0. The molecule has 2 fully saturated rings. The lowest BCUT2D eigenvalue weighted by atomic mass is 9.82. The van der Waals surface area contributed by atoms with Crippen LogP contribution in [0.5, 0.6) is 0 Å². The highest BCUT2D eigenvalue weighted by atomic mass is 16.6. The standard InChI is InChI=1S/C19H22O6/c1-10(2)17(21)23-13-8-12(9-20)6-5-7-19(4)16(25-19)15-14(13)11(3)18(22)24-15/h6,9,13-16H,1,3,5,7-8H2,2,4H3. The molecule has 5 atom stereocenters. The molecule has 2 aliphatic heterocycles. The fourth-order valence-electron chi connectivity index (χ4n) is 3.60. The Kier molecular flexibility index (Phi) is 4.41. The van der Waals surface area contributed by atoms with E-state index in [0.717, 1.165) is 12.7 Å². The second-order valence-corrected chi connectivity index (χ2v) is 7.14. The van der Waals surface area contributed by atoms with Crippen molar-refractivity contribution in [1.82, 2.24) is 0 Å². The summed E-state index contributed by atoms with van der Waals surface area (Å²) in [5, 5.41) is 0. The van der Waals surface area contributed by atoms with E-state index in [-0.39, 0.29) is 23.7 Å². The van der Waals surface area contributed by atoms with Crippen LogP contribution in [0.3, 0.4) is 0 Å². The van der Waals surface area contributed by atoms with Crippen molar-refractivity contribution in [3.05, 3.63) is 36.0 Å². The molecule has 0 N–H and O–H groups in total. The van der Waals surface area contributed by atoms with Crippen LogP contribution in [0.4, 0.5) is 0 Å². The quantitative estimate of drug-likeness (QED) is 0.337. The van der Waals surface area contributed by atoms with Crippen molar-refractivity contribution in [2.75, 3.05) is 0 Å². The first-order chi connectivity index (χ1) is 11.8. The number of hydrogen-bond donors (Lipinski definition) is 0. The van der Waals surface area contributed by atoms with Gasteiger partial charge in [-0.05, 0) is 32.3 Å². The van der Waals surface area contributed by atoms with Crippen LogP contribution >= 0.6 is 0 Å². The number of allylic oxidation sites excluding steroid dienone is 1. The van der Waals surface area contributed by atoms with Crippen molar-refractivity contribution in [2.24, 2.45) is 5.92 Å². The van der Waals surface area contributed by atoms with Crippen molar-refractivity contribution in [3.8, 4) is 0 Å². The Bertz CT molecular complexity index is 690. The molecule has 0 amide bonds. The number of rotatable bonds is 3. The summed E-state index contributed by atoms with van der Waals surface area (Å²) in [5.41, 5.74) is 0.591.